The van der Waals surface area contributed by atoms with Crippen LogP contribution >= 0.6 is 11.3 Å². The smallest absolute Gasteiger partial charge is 0.378 e. The molecule has 0 radical (unpaired) electrons. The van der Waals surface area contributed by atoms with Gasteiger partial charge in [0.1, 0.15) is 11.4 Å². The van der Waals surface area contributed by atoms with Gasteiger partial charge in [-0.3, -0.25) is 4.79 Å². The van der Waals surface area contributed by atoms with E-state index in [1.165, 1.54) is 12.4 Å². The lowest BCUT2D eigenvalue weighted by molar-refractivity contribution is -0.136. The van der Waals surface area contributed by atoms with Crippen molar-refractivity contribution >= 4 is 33.3 Å². The van der Waals surface area contributed by atoms with Gasteiger partial charge in [0.2, 0.25) is 0 Å². The van der Waals surface area contributed by atoms with Crippen molar-refractivity contribution in [3.8, 4) is 11.8 Å². The molecule has 2 aromatic heterocycles. The first kappa shape index (κ1) is 21.4. The second-order valence-corrected chi connectivity index (χ2v) is 8.40. The van der Waals surface area contributed by atoms with E-state index in [0.29, 0.717) is 25.9 Å². The monoisotopic (exact) mass is 425 g/mol. The Morgan fingerprint density at radius 2 is 2.00 bits per heavy atom. The molecule has 0 spiro atoms. The highest BCUT2D eigenvalue weighted by Crippen LogP contribution is 2.40. The van der Waals surface area contributed by atoms with Gasteiger partial charge in [-0.1, -0.05) is 11.8 Å². The first-order chi connectivity index (χ1) is 13.5. The summed E-state index contributed by atoms with van der Waals surface area (Å²) in [5.74, 6) is 5.67. The van der Waals surface area contributed by atoms with Gasteiger partial charge < -0.3 is 15.3 Å². The number of aromatic nitrogens is 1. The Hall–Kier alpha value is -2.31. The molecule has 5 nitrogen and oxygen atoms in total. The van der Waals surface area contributed by atoms with Gasteiger partial charge in [-0.05, 0) is 32.8 Å². The summed E-state index contributed by atoms with van der Waals surface area (Å²) < 4.78 is 40.9. The fourth-order valence-corrected chi connectivity index (χ4v) is 4.22. The van der Waals surface area contributed by atoms with Gasteiger partial charge in [-0.25, -0.2) is 4.98 Å². The Morgan fingerprint density at radius 3 is 2.55 bits per heavy atom. The minimum atomic E-state index is -4.54. The Balaban J connectivity index is 1.94. The Labute approximate surface area is 170 Å². The van der Waals surface area contributed by atoms with Crippen molar-refractivity contribution in [3.05, 3.63) is 22.6 Å². The van der Waals surface area contributed by atoms with E-state index < -0.39 is 23.2 Å². The number of anilines is 1. The number of thiophene rings is 1. The number of piperidine rings is 1. The number of carbonyl (C=O) groups is 1. The summed E-state index contributed by atoms with van der Waals surface area (Å²) in [4.78, 5) is 18.3. The van der Waals surface area contributed by atoms with Crippen LogP contribution in [0.25, 0.3) is 10.2 Å². The van der Waals surface area contributed by atoms with Crippen LogP contribution in [0.2, 0.25) is 0 Å². The Bertz CT molecular complexity index is 975. The minimum absolute atomic E-state index is 0.0363. The number of fused-ring (bicyclic) bond motifs is 1. The lowest BCUT2D eigenvalue weighted by Gasteiger charge is -2.31. The van der Waals surface area contributed by atoms with Crippen molar-refractivity contribution in [2.24, 2.45) is 5.92 Å². The summed E-state index contributed by atoms with van der Waals surface area (Å²) in [5, 5.41) is 13.6. The molecule has 0 aliphatic carbocycles. The van der Waals surface area contributed by atoms with Crippen LogP contribution in [0, 0.1) is 17.8 Å². The van der Waals surface area contributed by atoms with Gasteiger partial charge in [-0.2, -0.15) is 13.2 Å². The molecule has 0 bridgehead atoms. The van der Waals surface area contributed by atoms with E-state index in [4.69, 9.17) is 0 Å². The number of hydrogen-bond donors (Lipinski definition) is 2. The number of aliphatic hydroxyl groups is 1. The molecule has 1 aliphatic rings. The highest BCUT2D eigenvalue weighted by molar-refractivity contribution is 7.17. The van der Waals surface area contributed by atoms with Crippen LogP contribution in [0.5, 0.6) is 0 Å². The van der Waals surface area contributed by atoms with Gasteiger partial charge in [0, 0.05) is 31.4 Å². The van der Waals surface area contributed by atoms with Crippen LogP contribution in [0.15, 0.2) is 11.4 Å². The largest absolute Gasteiger partial charge is 0.417 e. The Kier molecular flexibility index (Phi) is 5.79. The maximum Gasteiger partial charge on any atom is 0.417 e. The predicted molar refractivity (Wildman–Crippen MR) is 107 cm³/mol. The molecular weight excluding hydrogens is 403 g/mol. The van der Waals surface area contributed by atoms with Crippen LogP contribution in [0.4, 0.5) is 19.0 Å². The van der Waals surface area contributed by atoms with E-state index in [1.54, 1.807) is 18.7 Å². The zero-order chi connectivity index (χ0) is 21.4. The summed E-state index contributed by atoms with van der Waals surface area (Å²) in [6.45, 7) is 4.22. The predicted octanol–water partition coefficient (Wildman–Crippen LogP) is 3.67. The number of halogens is 3. The topological polar surface area (TPSA) is 65.5 Å². The second-order valence-electron chi connectivity index (χ2n) is 7.52. The molecule has 1 saturated heterocycles. The maximum atomic E-state index is 13.6. The number of hydrogen-bond acceptors (Lipinski definition) is 5. The molecule has 0 unspecified atom stereocenters. The van der Waals surface area contributed by atoms with E-state index in [-0.39, 0.29) is 27.5 Å². The first-order valence-corrected chi connectivity index (χ1v) is 10.1. The van der Waals surface area contributed by atoms with Crippen LogP contribution in [0.1, 0.15) is 42.6 Å². The highest BCUT2D eigenvalue weighted by atomic mass is 32.1. The van der Waals surface area contributed by atoms with Gasteiger partial charge in [0.15, 0.2) is 0 Å². The lowest BCUT2D eigenvalue weighted by atomic mass is 9.96. The fraction of sp³-hybridized carbons (Fsp3) is 0.500. The van der Waals surface area contributed by atoms with Crippen molar-refractivity contribution in [3.63, 3.8) is 0 Å². The number of nitrogens with one attached hydrogen (secondary N) is 1. The molecule has 1 amide bonds. The standard InChI is InChI=1S/C20H22F3N3O2S/c1-19(2,28)7-4-12-5-8-26(9-6-12)15-10-14(20(21,22)23)17-16(25-15)13(11-29-17)18(27)24-3/h10-12,28H,5-6,8-9H2,1-3H3,(H,24,27). The molecule has 3 rings (SSSR count). The van der Waals surface area contributed by atoms with E-state index in [9.17, 15) is 23.1 Å². The number of carbonyl (C=O) groups excluding carboxylic acids is 1. The van der Waals surface area contributed by atoms with Crippen molar-refractivity contribution < 1.29 is 23.1 Å². The Morgan fingerprint density at radius 1 is 1.34 bits per heavy atom. The molecular formula is C20H22F3N3O2S. The highest BCUT2D eigenvalue weighted by Gasteiger charge is 2.36. The normalized spacial score (nSPS) is 15.9. The van der Waals surface area contributed by atoms with Gasteiger partial charge >= 0.3 is 6.18 Å². The van der Waals surface area contributed by atoms with Gasteiger partial charge in [0.25, 0.3) is 5.91 Å². The maximum absolute atomic E-state index is 13.6. The number of rotatable bonds is 2. The molecule has 1 fully saturated rings. The van der Waals surface area contributed by atoms with Crippen molar-refractivity contribution in [1.29, 1.82) is 0 Å². The van der Waals surface area contributed by atoms with E-state index in [2.05, 4.69) is 22.1 Å². The average Bonchev–Trinajstić information content (AvgIpc) is 3.08. The molecule has 0 saturated carbocycles. The SMILES string of the molecule is CNC(=O)c1csc2c(C(F)(F)F)cc(N3CCC(C#CC(C)(C)O)CC3)nc12. The fourth-order valence-electron chi connectivity index (χ4n) is 3.20. The van der Waals surface area contributed by atoms with E-state index in [1.807, 2.05) is 0 Å². The van der Waals surface area contributed by atoms with E-state index >= 15 is 0 Å². The van der Waals surface area contributed by atoms with Crippen molar-refractivity contribution in [2.45, 2.75) is 38.5 Å². The third-order valence-corrected chi connectivity index (χ3v) is 5.69. The molecule has 29 heavy (non-hydrogen) atoms. The van der Waals surface area contributed by atoms with Crippen LogP contribution in [-0.4, -0.2) is 41.7 Å². The third kappa shape index (κ3) is 4.82. The summed E-state index contributed by atoms with van der Waals surface area (Å²) in [7, 11) is 1.43. The van der Waals surface area contributed by atoms with Crippen LogP contribution in [0.3, 0.4) is 0 Å². The summed E-state index contributed by atoms with van der Waals surface area (Å²) in [6.07, 6.45) is -3.22. The number of pyridine rings is 1. The van der Waals surface area contributed by atoms with E-state index in [0.717, 1.165) is 17.4 Å². The zero-order valence-electron chi connectivity index (χ0n) is 16.4. The molecule has 3 heterocycles. The molecule has 2 N–H and O–H groups in total. The first-order valence-electron chi connectivity index (χ1n) is 9.21. The molecule has 9 heteroatoms. The second kappa shape index (κ2) is 7.84. The van der Waals surface area contributed by atoms with Crippen LogP contribution in [-0.2, 0) is 6.18 Å². The lowest BCUT2D eigenvalue weighted by Crippen LogP contribution is -2.34. The van der Waals surface area contributed by atoms with Gasteiger partial charge in [0.05, 0.1) is 21.3 Å². The third-order valence-electron chi connectivity index (χ3n) is 4.69. The molecule has 0 aromatic carbocycles. The molecule has 156 valence electrons. The van der Waals surface area contributed by atoms with Crippen molar-refractivity contribution in [2.75, 3.05) is 25.0 Å². The van der Waals surface area contributed by atoms with Gasteiger partial charge in [-0.15, -0.1) is 11.3 Å². The molecule has 0 atom stereocenters. The summed E-state index contributed by atoms with van der Waals surface area (Å²) in [5.41, 5.74) is -1.63. The number of amides is 1. The zero-order valence-corrected chi connectivity index (χ0v) is 17.2. The summed E-state index contributed by atoms with van der Waals surface area (Å²) in [6, 6.07) is 1.06. The molecule has 1 aliphatic heterocycles. The van der Waals surface area contributed by atoms with Crippen molar-refractivity contribution in [1.82, 2.24) is 10.3 Å². The number of alkyl halides is 3. The quantitative estimate of drug-likeness (QED) is 0.721. The van der Waals surface area contributed by atoms with Crippen LogP contribution < -0.4 is 10.2 Å². The minimum Gasteiger partial charge on any atom is -0.378 e. The number of nitrogens with zero attached hydrogens (tertiary/aromatic N) is 2. The average molecular weight is 425 g/mol. The summed E-state index contributed by atoms with van der Waals surface area (Å²) >= 11 is 0.872. The molecule has 2 aromatic rings.